The fourth-order valence-electron chi connectivity index (χ4n) is 1.38. The van der Waals surface area contributed by atoms with E-state index in [1.165, 1.54) is 37.4 Å². The molecule has 0 radical (unpaired) electrons. The van der Waals surface area contributed by atoms with E-state index >= 15 is 0 Å². The molecule has 0 aromatic carbocycles. The van der Waals surface area contributed by atoms with E-state index in [1.54, 1.807) is 0 Å². The van der Waals surface area contributed by atoms with Crippen molar-refractivity contribution in [2.45, 2.75) is 39.5 Å². The van der Waals surface area contributed by atoms with E-state index in [0.717, 1.165) is 18.9 Å². The Kier molecular flexibility index (Phi) is 5.95. The lowest BCUT2D eigenvalue weighted by Crippen LogP contribution is -2.26. The molecule has 1 heterocycles. The summed E-state index contributed by atoms with van der Waals surface area (Å²) in [7, 11) is 0. The molecule has 0 spiro atoms. The third-order valence-electron chi connectivity index (χ3n) is 2.30. The van der Waals surface area contributed by atoms with Crippen LogP contribution in [0.25, 0.3) is 0 Å². The van der Waals surface area contributed by atoms with Gasteiger partial charge < -0.3 is 4.90 Å². The molecule has 0 fully saturated rings. The van der Waals surface area contributed by atoms with Gasteiger partial charge in [-0.1, -0.05) is 38.3 Å². The van der Waals surface area contributed by atoms with Crippen LogP contribution in [0, 0.1) is 0 Å². The lowest BCUT2D eigenvalue weighted by atomic mass is 10.2. The van der Waals surface area contributed by atoms with Crippen LogP contribution in [0.5, 0.6) is 0 Å². The number of hydrogen-bond donors (Lipinski definition) is 0. The van der Waals surface area contributed by atoms with Gasteiger partial charge in [-0.15, -0.1) is 0 Å². The second-order valence-electron chi connectivity index (χ2n) is 3.57. The lowest BCUT2D eigenvalue weighted by molar-refractivity contribution is 0.673. The van der Waals surface area contributed by atoms with Gasteiger partial charge >= 0.3 is 0 Å². The Morgan fingerprint density at radius 2 is 1.73 bits per heavy atom. The van der Waals surface area contributed by atoms with Crippen LogP contribution in [0.2, 0.25) is 5.15 Å². The Labute approximate surface area is 101 Å². The van der Waals surface area contributed by atoms with E-state index in [1.807, 2.05) is 0 Å². The van der Waals surface area contributed by atoms with E-state index in [0.29, 0.717) is 5.15 Å². The van der Waals surface area contributed by atoms with Gasteiger partial charge in [0, 0.05) is 13.1 Å². The second kappa shape index (κ2) is 7.01. The molecular weight excluding hydrogens is 230 g/mol. The first kappa shape index (κ1) is 12.7. The summed E-state index contributed by atoms with van der Waals surface area (Å²) in [5.41, 5.74) is 0. The minimum Gasteiger partial charge on any atom is -0.353 e. The van der Waals surface area contributed by atoms with Crippen LogP contribution in [0.1, 0.15) is 39.5 Å². The Balaban J connectivity index is 2.58. The molecule has 0 aliphatic heterocycles. The molecule has 1 rings (SSSR count). The minimum absolute atomic E-state index is 0.548. The Hall–Kier alpha value is -0.350. The van der Waals surface area contributed by atoms with Crippen molar-refractivity contribution in [1.29, 1.82) is 0 Å². The van der Waals surface area contributed by atoms with Crippen LogP contribution >= 0.6 is 23.3 Å². The summed E-state index contributed by atoms with van der Waals surface area (Å²) in [5, 5.41) is 0.548. The van der Waals surface area contributed by atoms with Gasteiger partial charge in [-0.2, -0.15) is 8.75 Å². The van der Waals surface area contributed by atoms with Crippen LogP contribution in [0.15, 0.2) is 0 Å². The van der Waals surface area contributed by atoms with Gasteiger partial charge in [-0.05, 0) is 12.8 Å². The van der Waals surface area contributed by atoms with Crippen molar-refractivity contribution in [1.82, 2.24) is 8.75 Å². The molecule has 15 heavy (non-hydrogen) atoms. The number of nitrogens with zero attached hydrogens (tertiary/aromatic N) is 3. The van der Waals surface area contributed by atoms with Crippen molar-refractivity contribution < 1.29 is 0 Å². The summed E-state index contributed by atoms with van der Waals surface area (Å²) in [4.78, 5) is 2.25. The minimum atomic E-state index is 0.548. The third kappa shape index (κ3) is 3.95. The Bertz CT molecular complexity index is 269. The number of rotatable bonds is 7. The van der Waals surface area contributed by atoms with Crippen molar-refractivity contribution in [3.8, 4) is 0 Å². The van der Waals surface area contributed by atoms with Crippen molar-refractivity contribution in [3.05, 3.63) is 5.15 Å². The summed E-state index contributed by atoms with van der Waals surface area (Å²) >= 11 is 7.18. The molecule has 0 amide bonds. The normalized spacial score (nSPS) is 10.6. The number of aromatic nitrogens is 2. The second-order valence-corrected chi connectivity index (χ2v) is 4.46. The molecule has 0 atom stereocenters. The number of hydrogen-bond acceptors (Lipinski definition) is 4. The van der Waals surface area contributed by atoms with Gasteiger partial charge in [0.1, 0.15) is 0 Å². The van der Waals surface area contributed by atoms with Gasteiger partial charge in [-0.25, -0.2) is 0 Å². The van der Waals surface area contributed by atoms with Crippen LogP contribution in [-0.2, 0) is 0 Å². The summed E-state index contributed by atoms with van der Waals surface area (Å²) in [5.74, 6) is 0.864. The molecule has 0 aliphatic rings. The van der Waals surface area contributed by atoms with Crippen LogP contribution in [0.3, 0.4) is 0 Å². The molecule has 1 aromatic heterocycles. The quantitative estimate of drug-likeness (QED) is 0.737. The van der Waals surface area contributed by atoms with Crippen molar-refractivity contribution in [2.24, 2.45) is 0 Å². The van der Waals surface area contributed by atoms with Gasteiger partial charge in [0.05, 0.1) is 11.7 Å². The Morgan fingerprint density at radius 1 is 1.13 bits per heavy atom. The van der Waals surface area contributed by atoms with Crippen molar-refractivity contribution in [2.75, 3.05) is 18.0 Å². The fourth-order valence-corrected chi connectivity index (χ4v) is 2.16. The van der Waals surface area contributed by atoms with E-state index < -0.39 is 0 Å². The molecule has 0 unspecified atom stereocenters. The van der Waals surface area contributed by atoms with Crippen LogP contribution in [0.4, 0.5) is 5.82 Å². The molecule has 0 aliphatic carbocycles. The first-order chi connectivity index (χ1) is 7.29. The third-order valence-corrected chi connectivity index (χ3v) is 3.17. The summed E-state index contributed by atoms with van der Waals surface area (Å²) in [6.07, 6.45) is 4.74. The predicted octanol–water partition coefficient (Wildman–Crippen LogP) is 3.60. The molecule has 0 saturated heterocycles. The zero-order valence-electron chi connectivity index (χ0n) is 9.37. The highest BCUT2D eigenvalue weighted by atomic mass is 35.5. The standard InChI is InChI=1S/C10H18ClN3S/c1-3-5-7-14(8-6-4-2)10-9(11)12-15-13-10/h3-8H2,1-2H3. The monoisotopic (exact) mass is 247 g/mol. The molecule has 0 saturated carbocycles. The molecule has 0 N–H and O–H groups in total. The average Bonchev–Trinajstić information content (AvgIpc) is 2.65. The highest BCUT2D eigenvalue weighted by Gasteiger charge is 2.13. The summed E-state index contributed by atoms with van der Waals surface area (Å²) < 4.78 is 8.25. The molecule has 3 nitrogen and oxygen atoms in total. The van der Waals surface area contributed by atoms with Crippen molar-refractivity contribution in [3.63, 3.8) is 0 Å². The van der Waals surface area contributed by atoms with Gasteiger partial charge in [0.15, 0.2) is 11.0 Å². The Morgan fingerprint density at radius 3 is 2.13 bits per heavy atom. The predicted molar refractivity (Wildman–Crippen MR) is 66.9 cm³/mol. The highest BCUT2D eigenvalue weighted by molar-refractivity contribution is 6.99. The van der Waals surface area contributed by atoms with Gasteiger partial charge in [-0.3, -0.25) is 0 Å². The SMILES string of the molecule is CCCCN(CCCC)c1nsnc1Cl. The number of halogens is 1. The average molecular weight is 248 g/mol. The lowest BCUT2D eigenvalue weighted by Gasteiger charge is -2.21. The molecule has 86 valence electrons. The molecule has 1 aromatic rings. The van der Waals surface area contributed by atoms with E-state index in [-0.39, 0.29) is 0 Å². The van der Waals surface area contributed by atoms with E-state index in [9.17, 15) is 0 Å². The molecular formula is C10H18ClN3S. The van der Waals surface area contributed by atoms with Crippen LogP contribution < -0.4 is 4.90 Å². The molecule has 5 heteroatoms. The summed E-state index contributed by atoms with van der Waals surface area (Å²) in [6, 6.07) is 0. The zero-order chi connectivity index (χ0) is 11.1. The maximum absolute atomic E-state index is 5.99. The van der Waals surface area contributed by atoms with E-state index in [2.05, 4.69) is 27.5 Å². The number of unbranched alkanes of at least 4 members (excludes halogenated alkanes) is 2. The maximum Gasteiger partial charge on any atom is 0.187 e. The summed E-state index contributed by atoms with van der Waals surface area (Å²) in [6.45, 7) is 6.45. The van der Waals surface area contributed by atoms with Crippen LogP contribution in [-0.4, -0.2) is 21.8 Å². The van der Waals surface area contributed by atoms with Gasteiger partial charge in [0.2, 0.25) is 0 Å². The van der Waals surface area contributed by atoms with E-state index in [4.69, 9.17) is 11.6 Å². The van der Waals surface area contributed by atoms with Crippen molar-refractivity contribution >= 4 is 29.1 Å². The fraction of sp³-hybridized carbons (Fsp3) is 0.800. The first-order valence-corrected chi connectivity index (χ1v) is 6.63. The first-order valence-electron chi connectivity index (χ1n) is 5.52. The maximum atomic E-state index is 5.99. The largest absolute Gasteiger partial charge is 0.353 e. The highest BCUT2D eigenvalue weighted by Crippen LogP contribution is 2.23. The van der Waals surface area contributed by atoms with Gasteiger partial charge in [0.25, 0.3) is 0 Å². The topological polar surface area (TPSA) is 29.0 Å². The number of anilines is 1. The smallest absolute Gasteiger partial charge is 0.187 e. The molecule has 0 bridgehead atoms. The zero-order valence-corrected chi connectivity index (χ0v) is 10.9.